The van der Waals surface area contributed by atoms with Gasteiger partial charge in [-0.25, -0.2) is 9.86 Å². The quantitative estimate of drug-likeness (QED) is 0.436. The molecule has 0 spiro atoms. The van der Waals surface area contributed by atoms with Gasteiger partial charge in [-0.05, 0) is 24.5 Å². The van der Waals surface area contributed by atoms with E-state index in [9.17, 15) is 14.8 Å². The summed E-state index contributed by atoms with van der Waals surface area (Å²) in [6, 6.07) is 9.89. The molecule has 1 aromatic carbocycles. The number of nitrogens with one attached hydrogen (secondary N) is 1. The first-order chi connectivity index (χ1) is 13.2. The smallest absolute Gasteiger partial charge is 0.317 e. The molecule has 1 saturated heterocycles. The molecule has 7 heteroatoms. The van der Waals surface area contributed by atoms with Gasteiger partial charge in [-0.3, -0.25) is 10.0 Å². The molecule has 7 nitrogen and oxygen atoms in total. The topological polar surface area (TPSA) is 76.1 Å². The molecule has 0 aromatic heterocycles. The lowest BCUT2D eigenvalue weighted by Gasteiger charge is -2.37. The van der Waals surface area contributed by atoms with Crippen molar-refractivity contribution in [1.82, 2.24) is 15.3 Å². The Morgan fingerprint density at radius 3 is 2.48 bits per heavy atom. The number of benzene rings is 1. The van der Waals surface area contributed by atoms with E-state index in [0.29, 0.717) is 30.5 Å². The van der Waals surface area contributed by atoms with E-state index >= 15 is 0 Å². The van der Waals surface area contributed by atoms with E-state index in [-0.39, 0.29) is 18.6 Å². The first-order valence-corrected chi connectivity index (χ1v) is 9.92. The molecule has 1 aliphatic carbocycles. The van der Waals surface area contributed by atoms with E-state index < -0.39 is 0 Å². The van der Waals surface area contributed by atoms with Crippen LogP contribution in [-0.2, 0) is 4.79 Å². The summed E-state index contributed by atoms with van der Waals surface area (Å²) in [6.45, 7) is 3.05. The fourth-order valence-corrected chi connectivity index (χ4v) is 4.17. The maximum Gasteiger partial charge on any atom is 0.317 e. The first kappa shape index (κ1) is 19.5. The molecule has 1 heterocycles. The number of para-hydroxylation sites is 1. The van der Waals surface area contributed by atoms with Crippen LogP contribution in [0.25, 0.3) is 0 Å². The molecule has 1 atom stereocenters. The highest BCUT2D eigenvalue weighted by Crippen LogP contribution is 2.28. The average Bonchev–Trinajstić information content (AvgIpc) is 3.21. The monoisotopic (exact) mass is 374 g/mol. The number of anilines is 1. The van der Waals surface area contributed by atoms with Crippen LogP contribution in [0, 0.1) is 5.92 Å². The number of carbonyl (C=O) groups is 2. The summed E-state index contributed by atoms with van der Waals surface area (Å²) in [4.78, 5) is 27.6. The summed E-state index contributed by atoms with van der Waals surface area (Å²) in [6.07, 6.45) is 5.98. The van der Waals surface area contributed by atoms with Crippen LogP contribution in [-0.4, -0.2) is 66.4 Å². The van der Waals surface area contributed by atoms with Crippen LogP contribution in [0.3, 0.4) is 0 Å². The molecule has 148 valence electrons. The van der Waals surface area contributed by atoms with Crippen LogP contribution < -0.4 is 10.2 Å². The molecule has 1 aromatic rings. The van der Waals surface area contributed by atoms with Gasteiger partial charge in [0, 0.05) is 31.9 Å². The van der Waals surface area contributed by atoms with Crippen molar-refractivity contribution >= 4 is 18.1 Å². The molecule has 0 unspecified atom stereocenters. The number of hydroxylamine groups is 2. The van der Waals surface area contributed by atoms with Gasteiger partial charge in [-0.1, -0.05) is 43.9 Å². The average molecular weight is 374 g/mol. The minimum atomic E-state index is -0.219. The minimum absolute atomic E-state index is 0.106. The Balaban J connectivity index is 1.51. The lowest BCUT2D eigenvalue weighted by Crippen LogP contribution is -2.55. The molecule has 0 radical (unpaired) electrons. The van der Waals surface area contributed by atoms with E-state index in [0.717, 1.165) is 32.4 Å². The number of piperazine rings is 1. The Bertz CT molecular complexity index is 599. The van der Waals surface area contributed by atoms with Crippen molar-refractivity contribution in [1.29, 1.82) is 0 Å². The van der Waals surface area contributed by atoms with Crippen LogP contribution in [0.5, 0.6) is 0 Å². The van der Waals surface area contributed by atoms with Gasteiger partial charge in [-0.2, -0.15) is 0 Å². The van der Waals surface area contributed by atoms with Crippen molar-refractivity contribution in [2.24, 2.45) is 5.92 Å². The van der Waals surface area contributed by atoms with E-state index in [1.165, 1.54) is 18.5 Å². The standard InChI is InChI=1S/C20H30N4O3/c25-16-24(27)15-18(14-17-6-4-5-7-17)21-20(26)23-12-10-22(11-13-23)19-8-2-1-3-9-19/h1-3,8-9,16-18,27H,4-7,10-15H2,(H,21,26)/t18-/m1/s1. The van der Waals surface area contributed by atoms with Gasteiger partial charge in [0.05, 0.1) is 12.6 Å². The molecule has 3 amide bonds. The summed E-state index contributed by atoms with van der Waals surface area (Å²) < 4.78 is 0. The van der Waals surface area contributed by atoms with E-state index in [4.69, 9.17) is 0 Å². The predicted molar refractivity (Wildman–Crippen MR) is 104 cm³/mol. The zero-order valence-corrected chi connectivity index (χ0v) is 15.8. The van der Waals surface area contributed by atoms with E-state index in [1.54, 1.807) is 0 Å². The van der Waals surface area contributed by atoms with Crippen molar-refractivity contribution in [3.05, 3.63) is 30.3 Å². The summed E-state index contributed by atoms with van der Waals surface area (Å²) in [7, 11) is 0. The largest absolute Gasteiger partial charge is 0.368 e. The van der Waals surface area contributed by atoms with Gasteiger partial charge in [0.25, 0.3) is 0 Å². The Kier molecular flexibility index (Phi) is 6.92. The van der Waals surface area contributed by atoms with Crippen LogP contribution in [0.1, 0.15) is 32.1 Å². The van der Waals surface area contributed by atoms with Gasteiger partial charge in [0.2, 0.25) is 6.41 Å². The maximum atomic E-state index is 12.7. The lowest BCUT2D eigenvalue weighted by atomic mass is 9.98. The lowest BCUT2D eigenvalue weighted by molar-refractivity contribution is -0.151. The van der Waals surface area contributed by atoms with Crippen molar-refractivity contribution in [3.63, 3.8) is 0 Å². The van der Waals surface area contributed by atoms with Gasteiger partial charge < -0.3 is 15.1 Å². The summed E-state index contributed by atoms with van der Waals surface area (Å²) in [5.74, 6) is 0.560. The highest BCUT2D eigenvalue weighted by molar-refractivity contribution is 5.75. The summed E-state index contributed by atoms with van der Waals surface area (Å²) in [5.41, 5.74) is 1.18. The van der Waals surface area contributed by atoms with Gasteiger partial charge in [0.1, 0.15) is 0 Å². The normalized spacial score (nSPS) is 19.0. The zero-order chi connectivity index (χ0) is 19.1. The summed E-state index contributed by atoms with van der Waals surface area (Å²) >= 11 is 0. The Labute approximate surface area is 160 Å². The van der Waals surface area contributed by atoms with E-state index in [2.05, 4.69) is 22.3 Å². The highest BCUT2D eigenvalue weighted by atomic mass is 16.5. The summed E-state index contributed by atoms with van der Waals surface area (Å²) in [5, 5.41) is 13.3. The SMILES string of the molecule is O=CN(O)C[C@@H](CC1CCCC1)NC(=O)N1CCN(c2ccccc2)CC1. The van der Waals surface area contributed by atoms with Gasteiger partial charge in [-0.15, -0.1) is 0 Å². The number of hydrogen-bond donors (Lipinski definition) is 2. The molecule has 2 N–H and O–H groups in total. The third-order valence-corrected chi connectivity index (χ3v) is 5.64. The Morgan fingerprint density at radius 1 is 1.19 bits per heavy atom. The predicted octanol–water partition coefficient (Wildman–Crippen LogP) is 2.31. The van der Waals surface area contributed by atoms with Crippen LogP contribution in [0.15, 0.2) is 30.3 Å². The highest BCUT2D eigenvalue weighted by Gasteiger charge is 2.26. The number of nitrogens with zero attached hydrogens (tertiary/aromatic N) is 3. The molecule has 1 saturated carbocycles. The van der Waals surface area contributed by atoms with Crippen molar-refractivity contribution in [2.75, 3.05) is 37.6 Å². The second kappa shape index (κ2) is 9.60. The van der Waals surface area contributed by atoms with Gasteiger partial charge >= 0.3 is 6.03 Å². The molecular formula is C20H30N4O3. The molecule has 0 bridgehead atoms. The number of amides is 3. The molecule has 3 rings (SSSR count). The molecule has 1 aliphatic heterocycles. The van der Waals surface area contributed by atoms with Crippen molar-refractivity contribution in [2.45, 2.75) is 38.1 Å². The van der Waals surface area contributed by atoms with Crippen LogP contribution in [0.4, 0.5) is 10.5 Å². The fourth-order valence-electron chi connectivity index (χ4n) is 4.17. The fraction of sp³-hybridized carbons (Fsp3) is 0.600. The number of urea groups is 1. The minimum Gasteiger partial charge on any atom is -0.368 e. The Morgan fingerprint density at radius 2 is 1.85 bits per heavy atom. The first-order valence-electron chi connectivity index (χ1n) is 9.92. The molecular weight excluding hydrogens is 344 g/mol. The second-order valence-electron chi connectivity index (χ2n) is 7.57. The van der Waals surface area contributed by atoms with Gasteiger partial charge in [0.15, 0.2) is 0 Å². The third-order valence-electron chi connectivity index (χ3n) is 5.64. The van der Waals surface area contributed by atoms with Crippen LogP contribution in [0.2, 0.25) is 0 Å². The Hall–Kier alpha value is -2.28. The third kappa shape index (κ3) is 5.60. The molecule has 2 fully saturated rings. The number of rotatable bonds is 7. The number of hydrogen-bond acceptors (Lipinski definition) is 4. The van der Waals surface area contributed by atoms with Crippen molar-refractivity contribution < 1.29 is 14.8 Å². The zero-order valence-electron chi connectivity index (χ0n) is 15.8. The van der Waals surface area contributed by atoms with Crippen molar-refractivity contribution in [3.8, 4) is 0 Å². The maximum absolute atomic E-state index is 12.7. The molecule has 2 aliphatic rings. The molecule has 27 heavy (non-hydrogen) atoms. The second-order valence-corrected chi connectivity index (χ2v) is 7.57. The number of carbonyl (C=O) groups excluding carboxylic acids is 2. The van der Waals surface area contributed by atoms with E-state index in [1.807, 2.05) is 23.1 Å². The van der Waals surface area contributed by atoms with Crippen LogP contribution >= 0.6 is 0 Å².